The molecule has 0 amide bonds. The van der Waals surface area contributed by atoms with E-state index in [1.165, 1.54) is 24.8 Å². The molecule has 1 fully saturated rings. The Bertz CT molecular complexity index is 361. The standard InChI is InChI=1S/C13H20N2O2S/c1-17-13(16)8-11(12-5-3-7-18-12)15-9-10-4-2-6-14-10/h3,5,7,10-11,14-15H,2,4,6,8-9H2,1H3. The van der Waals surface area contributed by atoms with Crippen LogP contribution < -0.4 is 10.6 Å². The average Bonchev–Trinajstić information content (AvgIpc) is 3.06. The monoisotopic (exact) mass is 268 g/mol. The van der Waals surface area contributed by atoms with Crippen LogP contribution in [0.25, 0.3) is 0 Å². The molecule has 1 saturated heterocycles. The smallest absolute Gasteiger partial charge is 0.307 e. The van der Waals surface area contributed by atoms with E-state index in [1.54, 1.807) is 11.3 Å². The molecule has 0 bridgehead atoms. The van der Waals surface area contributed by atoms with Gasteiger partial charge in [-0.2, -0.15) is 0 Å². The normalized spacial score (nSPS) is 20.8. The molecule has 18 heavy (non-hydrogen) atoms. The summed E-state index contributed by atoms with van der Waals surface area (Å²) in [6.07, 6.45) is 2.85. The maximum atomic E-state index is 11.4. The summed E-state index contributed by atoms with van der Waals surface area (Å²) >= 11 is 1.68. The van der Waals surface area contributed by atoms with E-state index < -0.39 is 0 Å². The van der Waals surface area contributed by atoms with Gasteiger partial charge in [0.15, 0.2) is 0 Å². The number of carbonyl (C=O) groups excluding carboxylic acids is 1. The van der Waals surface area contributed by atoms with Crippen LogP contribution >= 0.6 is 11.3 Å². The maximum Gasteiger partial charge on any atom is 0.307 e. The third-order valence-electron chi connectivity index (χ3n) is 3.26. The highest BCUT2D eigenvalue weighted by molar-refractivity contribution is 7.10. The van der Waals surface area contributed by atoms with Crippen molar-refractivity contribution in [3.05, 3.63) is 22.4 Å². The molecule has 2 N–H and O–H groups in total. The molecule has 1 aliphatic heterocycles. The van der Waals surface area contributed by atoms with E-state index in [0.717, 1.165) is 13.1 Å². The number of esters is 1. The summed E-state index contributed by atoms with van der Waals surface area (Å²) < 4.78 is 4.76. The van der Waals surface area contributed by atoms with E-state index >= 15 is 0 Å². The minimum absolute atomic E-state index is 0.0693. The Morgan fingerprint density at radius 3 is 3.22 bits per heavy atom. The second kappa shape index (κ2) is 6.87. The first-order valence-corrected chi connectivity index (χ1v) is 7.24. The quantitative estimate of drug-likeness (QED) is 0.771. The minimum atomic E-state index is -0.166. The molecule has 4 nitrogen and oxygen atoms in total. The largest absolute Gasteiger partial charge is 0.469 e. The third kappa shape index (κ3) is 3.80. The lowest BCUT2D eigenvalue weighted by molar-refractivity contribution is -0.141. The number of hydrogen-bond acceptors (Lipinski definition) is 5. The van der Waals surface area contributed by atoms with E-state index in [0.29, 0.717) is 12.5 Å². The molecular weight excluding hydrogens is 248 g/mol. The zero-order chi connectivity index (χ0) is 12.8. The number of thiophene rings is 1. The van der Waals surface area contributed by atoms with Crippen molar-refractivity contribution in [2.24, 2.45) is 0 Å². The molecule has 100 valence electrons. The predicted octanol–water partition coefficient (Wildman–Crippen LogP) is 1.69. The molecule has 2 heterocycles. The lowest BCUT2D eigenvalue weighted by Gasteiger charge is -2.19. The number of hydrogen-bond donors (Lipinski definition) is 2. The molecule has 0 spiro atoms. The van der Waals surface area contributed by atoms with E-state index in [2.05, 4.69) is 16.7 Å². The van der Waals surface area contributed by atoms with Gasteiger partial charge < -0.3 is 15.4 Å². The van der Waals surface area contributed by atoms with E-state index in [4.69, 9.17) is 4.74 Å². The Kier molecular flexibility index (Phi) is 5.16. The first kappa shape index (κ1) is 13.5. The number of carbonyl (C=O) groups is 1. The van der Waals surface area contributed by atoms with Gasteiger partial charge in [-0.25, -0.2) is 0 Å². The van der Waals surface area contributed by atoms with Crippen LogP contribution in [-0.4, -0.2) is 32.2 Å². The van der Waals surface area contributed by atoms with Crippen molar-refractivity contribution >= 4 is 17.3 Å². The van der Waals surface area contributed by atoms with Crippen LogP contribution in [0.3, 0.4) is 0 Å². The van der Waals surface area contributed by atoms with Crippen LogP contribution in [-0.2, 0) is 9.53 Å². The van der Waals surface area contributed by atoms with E-state index in [1.807, 2.05) is 11.4 Å². The third-order valence-corrected chi connectivity index (χ3v) is 4.24. The predicted molar refractivity (Wildman–Crippen MR) is 72.7 cm³/mol. The van der Waals surface area contributed by atoms with Crippen LogP contribution in [0.4, 0.5) is 0 Å². The Labute approximate surface area is 112 Å². The van der Waals surface area contributed by atoms with Gasteiger partial charge in [0.1, 0.15) is 0 Å². The second-order valence-corrected chi connectivity index (χ2v) is 5.53. The Hall–Kier alpha value is -0.910. The summed E-state index contributed by atoms with van der Waals surface area (Å²) in [4.78, 5) is 12.6. The highest BCUT2D eigenvalue weighted by Crippen LogP contribution is 2.22. The fourth-order valence-corrected chi connectivity index (χ4v) is 3.03. The van der Waals surface area contributed by atoms with Gasteiger partial charge in [-0.3, -0.25) is 4.79 Å². The maximum absolute atomic E-state index is 11.4. The van der Waals surface area contributed by atoms with Crippen molar-refractivity contribution in [3.63, 3.8) is 0 Å². The zero-order valence-corrected chi connectivity index (χ0v) is 11.5. The van der Waals surface area contributed by atoms with Crippen LogP contribution in [0, 0.1) is 0 Å². The Morgan fingerprint density at radius 1 is 1.72 bits per heavy atom. The van der Waals surface area contributed by atoms with Crippen molar-refractivity contribution in [1.29, 1.82) is 0 Å². The van der Waals surface area contributed by atoms with Crippen molar-refractivity contribution in [3.8, 4) is 0 Å². The molecule has 1 aromatic rings. The van der Waals surface area contributed by atoms with Gasteiger partial charge in [0, 0.05) is 17.5 Å². The molecule has 5 heteroatoms. The fourth-order valence-electron chi connectivity index (χ4n) is 2.23. The summed E-state index contributed by atoms with van der Waals surface area (Å²) in [7, 11) is 1.44. The molecule has 1 aliphatic rings. The molecule has 0 radical (unpaired) electrons. The van der Waals surface area contributed by atoms with Crippen molar-refractivity contribution in [2.45, 2.75) is 31.3 Å². The molecule has 1 aromatic heterocycles. The number of methoxy groups -OCH3 is 1. The molecule has 0 aliphatic carbocycles. The Balaban J connectivity index is 1.89. The summed E-state index contributed by atoms with van der Waals surface area (Å²) in [6, 6.07) is 4.68. The van der Waals surface area contributed by atoms with Crippen LogP contribution in [0.15, 0.2) is 17.5 Å². The molecular formula is C13H20N2O2S. The van der Waals surface area contributed by atoms with Gasteiger partial charge in [0.25, 0.3) is 0 Å². The number of ether oxygens (including phenoxy) is 1. The molecule has 2 rings (SSSR count). The van der Waals surface area contributed by atoms with E-state index in [9.17, 15) is 4.79 Å². The van der Waals surface area contributed by atoms with Crippen molar-refractivity contribution in [1.82, 2.24) is 10.6 Å². The number of rotatable bonds is 6. The summed E-state index contributed by atoms with van der Waals surface area (Å²) in [5.74, 6) is -0.166. The highest BCUT2D eigenvalue weighted by Gasteiger charge is 2.20. The molecule has 0 saturated carbocycles. The molecule has 2 unspecified atom stereocenters. The molecule has 2 atom stereocenters. The summed E-state index contributed by atoms with van der Waals surface area (Å²) in [6.45, 7) is 2.01. The first-order valence-electron chi connectivity index (χ1n) is 6.36. The second-order valence-electron chi connectivity index (χ2n) is 4.55. The van der Waals surface area contributed by atoms with Crippen molar-refractivity contribution in [2.75, 3.05) is 20.2 Å². The zero-order valence-electron chi connectivity index (χ0n) is 10.6. The Morgan fingerprint density at radius 2 is 2.61 bits per heavy atom. The minimum Gasteiger partial charge on any atom is -0.469 e. The molecule has 0 aromatic carbocycles. The van der Waals surface area contributed by atoms with Crippen LogP contribution in [0.1, 0.15) is 30.2 Å². The van der Waals surface area contributed by atoms with Gasteiger partial charge in [-0.05, 0) is 30.8 Å². The summed E-state index contributed by atoms with van der Waals surface area (Å²) in [5.41, 5.74) is 0. The topological polar surface area (TPSA) is 50.4 Å². The SMILES string of the molecule is COC(=O)CC(NCC1CCCN1)c1cccs1. The number of nitrogens with one attached hydrogen (secondary N) is 2. The van der Waals surface area contributed by atoms with Gasteiger partial charge in [-0.1, -0.05) is 6.07 Å². The summed E-state index contributed by atoms with van der Waals surface area (Å²) in [5, 5.41) is 8.96. The first-order chi connectivity index (χ1) is 8.79. The van der Waals surface area contributed by atoms with Gasteiger partial charge in [-0.15, -0.1) is 11.3 Å². The lowest BCUT2D eigenvalue weighted by atomic mass is 10.1. The van der Waals surface area contributed by atoms with Gasteiger partial charge in [0.2, 0.25) is 0 Å². The van der Waals surface area contributed by atoms with Crippen LogP contribution in [0.2, 0.25) is 0 Å². The van der Waals surface area contributed by atoms with E-state index in [-0.39, 0.29) is 12.0 Å². The van der Waals surface area contributed by atoms with Crippen LogP contribution in [0.5, 0.6) is 0 Å². The van der Waals surface area contributed by atoms with Gasteiger partial charge in [0.05, 0.1) is 19.6 Å². The highest BCUT2D eigenvalue weighted by atomic mass is 32.1. The van der Waals surface area contributed by atoms with Gasteiger partial charge >= 0.3 is 5.97 Å². The fraction of sp³-hybridized carbons (Fsp3) is 0.615. The lowest BCUT2D eigenvalue weighted by Crippen LogP contribution is -2.36. The average molecular weight is 268 g/mol. The van der Waals surface area contributed by atoms with Crippen molar-refractivity contribution < 1.29 is 9.53 Å².